The fourth-order valence-corrected chi connectivity index (χ4v) is 1.65. The van der Waals surface area contributed by atoms with Gasteiger partial charge in [-0.05, 0) is 25.1 Å². The number of anilines is 1. The second-order valence-electron chi connectivity index (χ2n) is 4.31. The molecule has 0 aromatic heterocycles. The molecule has 2 N–H and O–H groups in total. The van der Waals surface area contributed by atoms with Gasteiger partial charge in [-0.25, -0.2) is 5.43 Å². The maximum atomic E-state index is 11.9. The lowest BCUT2D eigenvalue weighted by Crippen LogP contribution is -2.20. The van der Waals surface area contributed by atoms with Gasteiger partial charge in [0.25, 0.3) is 0 Å². The van der Waals surface area contributed by atoms with E-state index >= 15 is 0 Å². The van der Waals surface area contributed by atoms with Crippen molar-refractivity contribution in [1.82, 2.24) is 5.43 Å². The number of benzene rings is 1. The third-order valence-electron chi connectivity index (χ3n) is 2.54. The van der Waals surface area contributed by atoms with Gasteiger partial charge in [-0.2, -0.15) is 5.10 Å². The van der Waals surface area contributed by atoms with Crippen molar-refractivity contribution in [1.29, 1.82) is 0 Å². The van der Waals surface area contributed by atoms with Gasteiger partial charge in [0.2, 0.25) is 11.8 Å². The Balaban J connectivity index is 2.65. The quantitative estimate of drug-likeness (QED) is 0.626. The van der Waals surface area contributed by atoms with Crippen LogP contribution in [0.1, 0.15) is 26.7 Å². The molecule has 2 amide bonds. The van der Waals surface area contributed by atoms with Crippen molar-refractivity contribution in [2.45, 2.75) is 26.7 Å². The van der Waals surface area contributed by atoms with Crippen LogP contribution in [-0.4, -0.2) is 24.6 Å². The van der Waals surface area contributed by atoms with Crippen LogP contribution in [0.4, 0.5) is 5.69 Å². The molecule has 114 valence electrons. The summed E-state index contributed by atoms with van der Waals surface area (Å²) in [6.45, 7) is 3.38. The maximum Gasteiger partial charge on any atom is 0.239 e. The molecule has 0 aliphatic carbocycles. The molecule has 0 unspecified atom stereocenters. The van der Waals surface area contributed by atoms with Gasteiger partial charge in [0.1, 0.15) is 5.75 Å². The third kappa shape index (κ3) is 5.83. The first-order chi connectivity index (χ1) is 9.96. The van der Waals surface area contributed by atoms with E-state index in [1.54, 1.807) is 32.0 Å². The Hall–Kier alpha value is -2.08. The summed E-state index contributed by atoms with van der Waals surface area (Å²) in [5.41, 5.74) is 3.34. The van der Waals surface area contributed by atoms with Gasteiger partial charge in [-0.3, -0.25) is 9.59 Å². The van der Waals surface area contributed by atoms with E-state index < -0.39 is 0 Å². The number of nitrogens with zero attached hydrogens (tertiary/aromatic N) is 1. The van der Waals surface area contributed by atoms with E-state index in [1.807, 2.05) is 0 Å². The Kier molecular flexibility index (Phi) is 6.68. The van der Waals surface area contributed by atoms with E-state index in [9.17, 15) is 9.59 Å². The van der Waals surface area contributed by atoms with Crippen LogP contribution >= 0.6 is 11.6 Å². The van der Waals surface area contributed by atoms with Gasteiger partial charge in [-0.1, -0.05) is 18.5 Å². The van der Waals surface area contributed by atoms with Crippen LogP contribution in [0.5, 0.6) is 5.75 Å². The number of carbonyl (C=O) groups is 2. The average molecular weight is 312 g/mol. The van der Waals surface area contributed by atoms with Crippen molar-refractivity contribution < 1.29 is 14.3 Å². The smallest absolute Gasteiger partial charge is 0.239 e. The molecule has 0 spiro atoms. The first-order valence-electron chi connectivity index (χ1n) is 6.41. The van der Waals surface area contributed by atoms with Crippen LogP contribution in [0, 0.1) is 0 Å². The second kappa shape index (κ2) is 8.26. The zero-order valence-electron chi connectivity index (χ0n) is 12.2. The Labute approximate surface area is 128 Å². The molecule has 1 aromatic rings. The number of ether oxygens (including phenoxy) is 1. The minimum Gasteiger partial charge on any atom is -0.495 e. The van der Waals surface area contributed by atoms with Crippen molar-refractivity contribution >= 4 is 34.8 Å². The lowest BCUT2D eigenvalue weighted by Gasteiger charge is -2.10. The molecule has 21 heavy (non-hydrogen) atoms. The van der Waals surface area contributed by atoms with Gasteiger partial charge in [-0.15, -0.1) is 0 Å². The van der Waals surface area contributed by atoms with Crippen LogP contribution in [0.25, 0.3) is 0 Å². The number of hydrogen-bond acceptors (Lipinski definition) is 4. The molecule has 0 atom stereocenters. The number of carbonyl (C=O) groups excluding carboxylic acids is 2. The summed E-state index contributed by atoms with van der Waals surface area (Å²) in [5, 5.41) is 7.02. The van der Waals surface area contributed by atoms with Crippen LogP contribution in [0.3, 0.4) is 0 Å². The number of hydrazone groups is 1. The largest absolute Gasteiger partial charge is 0.495 e. The molecule has 0 aliphatic rings. The normalized spacial score (nSPS) is 11.0. The highest BCUT2D eigenvalue weighted by Gasteiger charge is 2.09. The molecule has 0 bridgehead atoms. The molecule has 0 radical (unpaired) electrons. The molecule has 0 fully saturated rings. The zero-order chi connectivity index (χ0) is 15.8. The van der Waals surface area contributed by atoms with Crippen molar-refractivity contribution in [3.8, 4) is 5.75 Å². The fourth-order valence-electron chi connectivity index (χ4n) is 1.48. The highest BCUT2D eigenvalue weighted by molar-refractivity contribution is 6.31. The number of amides is 2. The van der Waals surface area contributed by atoms with E-state index in [1.165, 1.54) is 7.11 Å². The van der Waals surface area contributed by atoms with E-state index in [-0.39, 0.29) is 18.2 Å². The van der Waals surface area contributed by atoms with E-state index in [0.717, 1.165) is 0 Å². The lowest BCUT2D eigenvalue weighted by molar-refractivity contribution is -0.121. The highest BCUT2D eigenvalue weighted by atomic mass is 35.5. The monoisotopic (exact) mass is 311 g/mol. The van der Waals surface area contributed by atoms with Crippen molar-refractivity contribution in [2.24, 2.45) is 5.10 Å². The van der Waals surface area contributed by atoms with Gasteiger partial charge < -0.3 is 10.1 Å². The number of nitrogens with one attached hydrogen (secondary N) is 2. The standard InChI is InChI=1S/C14H18ClN3O3/c1-4-13(19)18-17-9(2)7-14(20)16-11-8-10(15)5-6-12(11)21-3/h5-6,8H,4,7H2,1-3H3,(H,16,20)(H,18,19). The highest BCUT2D eigenvalue weighted by Crippen LogP contribution is 2.27. The van der Waals surface area contributed by atoms with Gasteiger partial charge in [0.15, 0.2) is 0 Å². The molecule has 0 heterocycles. The minimum atomic E-state index is -0.275. The molecular formula is C14H18ClN3O3. The molecule has 0 saturated carbocycles. The van der Waals surface area contributed by atoms with Crippen LogP contribution in [0.2, 0.25) is 5.02 Å². The predicted octanol–water partition coefficient (Wildman–Crippen LogP) is 2.58. The zero-order valence-corrected chi connectivity index (χ0v) is 13.0. The summed E-state index contributed by atoms with van der Waals surface area (Å²) >= 11 is 5.89. The molecule has 6 nitrogen and oxygen atoms in total. The van der Waals surface area contributed by atoms with Crippen LogP contribution < -0.4 is 15.5 Å². The van der Waals surface area contributed by atoms with E-state index in [4.69, 9.17) is 16.3 Å². The van der Waals surface area contributed by atoms with E-state index in [2.05, 4.69) is 15.8 Å². The summed E-state index contributed by atoms with van der Waals surface area (Å²) in [6.07, 6.45) is 0.391. The van der Waals surface area contributed by atoms with Crippen molar-refractivity contribution in [3.63, 3.8) is 0 Å². The van der Waals surface area contributed by atoms with Crippen molar-refractivity contribution in [3.05, 3.63) is 23.2 Å². The maximum absolute atomic E-state index is 11.9. The average Bonchev–Trinajstić information content (AvgIpc) is 2.44. The Morgan fingerprint density at radius 1 is 1.33 bits per heavy atom. The molecule has 0 aliphatic heterocycles. The molecule has 1 aromatic carbocycles. The SMILES string of the molecule is CCC(=O)NN=C(C)CC(=O)Nc1cc(Cl)ccc1OC. The molecule has 7 heteroatoms. The topological polar surface area (TPSA) is 79.8 Å². The minimum absolute atomic E-state index is 0.0552. The molecule has 1 rings (SSSR count). The third-order valence-corrected chi connectivity index (χ3v) is 2.78. The van der Waals surface area contributed by atoms with Crippen LogP contribution in [-0.2, 0) is 9.59 Å². The Morgan fingerprint density at radius 3 is 2.67 bits per heavy atom. The summed E-state index contributed by atoms with van der Waals surface area (Å²) in [6, 6.07) is 4.94. The summed E-state index contributed by atoms with van der Waals surface area (Å²) in [7, 11) is 1.51. The Morgan fingerprint density at radius 2 is 2.05 bits per heavy atom. The molecule has 0 saturated heterocycles. The van der Waals surface area contributed by atoms with Crippen LogP contribution in [0.15, 0.2) is 23.3 Å². The first kappa shape index (κ1) is 17.0. The first-order valence-corrected chi connectivity index (χ1v) is 6.79. The van der Waals surface area contributed by atoms with E-state index in [0.29, 0.717) is 28.6 Å². The lowest BCUT2D eigenvalue weighted by atomic mass is 10.2. The molecular weight excluding hydrogens is 294 g/mol. The van der Waals surface area contributed by atoms with Gasteiger partial charge in [0.05, 0.1) is 19.2 Å². The fraction of sp³-hybridized carbons (Fsp3) is 0.357. The second-order valence-corrected chi connectivity index (χ2v) is 4.74. The predicted molar refractivity (Wildman–Crippen MR) is 82.8 cm³/mol. The van der Waals surface area contributed by atoms with Gasteiger partial charge in [0, 0.05) is 17.2 Å². The van der Waals surface area contributed by atoms with Gasteiger partial charge >= 0.3 is 0 Å². The summed E-state index contributed by atoms with van der Waals surface area (Å²) < 4.78 is 5.14. The van der Waals surface area contributed by atoms with Crippen molar-refractivity contribution in [2.75, 3.05) is 12.4 Å². The summed E-state index contributed by atoms with van der Waals surface area (Å²) in [4.78, 5) is 23.0. The number of hydrogen-bond donors (Lipinski definition) is 2. The number of rotatable bonds is 6. The summed E-state index contributed by atoms with van der Waals surface area (Å²) in [5.74, 6) is 0.0375. The number of methoxy groups -OCH3 is 1. The number of halogens is 1. The Bertz CT molecular complexity index is 558.